The van der Waals surface area contributed by atoms with Crippen molar-refractivity contribution in [3.05, 3.63) is 64.2 Å². The topological polar surface area (TPSA) is 38.3 Å². The van der Waals surface area contributed by atoms with Crippen molar-refractivity contribution >= 4 is 5.91 Å². The summed E-state index contributed by atoms with van der Waals surface area (Å²) in [6.45, 7) is 10.8. The number of hydrogen-bond acceptors (Lipinski definition) is 2. The second kappa shape index (κ2) is 8.70. The van der Waals surface area contributed by atoms with E-state index in [1.54, 1.807) is 0 Å². The number of nitrogens with one attached hydrogen (secondary N) is 1. The van der Waals surface area contributed by atoms with E-state index >= 15 is 0 Å². The molecule has 0 aliphatic heterocycles. The van der Waals surface area contributed by atoms with E-state index in [9.17, 15) is 4.79 Å². The van der Waals surface area contributed by atoms with Crippen LogP contribution in [0.25, 0.3) is 0 Å². The van der Waals surface area contributed by atoms with Gasteiger partial charge < -0.3 is 10.1 Å². The fourth-order valence-corrected chi connectivity index (χ4v) is 2.63. The molecule has 0 spiro atoms. The lowest BCUT2D eigenvalue weighted by Gasteiger charge is -2.16. The number of carbonyl (C=O) groups is 1. The summed E-state index contributed by atoms with van der Waals surface area (Å²) in [5.74, 6) is 0.911. The molecule has 0 aliphatic carbocycles. The van der Waals surface area contributed by atoms with Gasteiger partial charge in [0.25, 0.3) is 0 Å². The minimum atomic E-state index is -0.0196. The average Bonchev–Trinajstić information content (AvgIpc) is 2.57. The average molecular weight is 339 g/mol. The van der Waals surface area contributed by atoms with Crippen molar-refractivity contribution < 1.29 is 9.53 Å². The molecule has 134 valence electrons. The predicted octanol–water partition coefficient (Wildman–Crippen LogP) is 4.44. The Kier molecular flexibility index (Phi) is 6.63. The molecule has 0 radical (unpaired) electrons. The maximum Gasteiger partial charge on any atom is 0.220 e. The van der Waals surface area contributed by atoms with Gasteiger partial charge in [0.15, 0.2) is 0 Å². The first-order chi connectivity index (χ1) is 11.8. The molecule has 0 saturated carbocycles. The van der Waals surface area contributed by atoms with Crippen LogP contribution in [-0.2, 0) is 11.2 Å². The molecule has 1 amide bonds. The molecule has 1 N–H and O–H groups in total. The predicted molar refractivity (Wildman–Crippen MR) is 103 cm³/mol. The van der Waals surface area contributed by atoms with Crippen LogP contribution >= 0.6 is 0 Å². The van der Waals surface area contributed by atoms with Crippen LogP contribution in [0.5, 0.6) is 5.75 Å². The Balaban J connectivity index is 1.75. The summed E-state index contributed by atoms with van der Waals surface area (Å²) in [7, 11) is 0. The third-order valence-corrected chi connectivity index (χ3v) is 4.60. The van der Waals surface area contributed by atoms with E-state index in [4.69, 9.17) is 4.74 Å². The highest BCUT2D eigenvalue weighted by Gasteiger charge is 2.09. The molecule has 0 aliphatic rings. The van der Waals surface area contributed by atoms with Gasteiger partial charge >= 0.3 is 0 Å². The van der Waals surface area contributed by atoms with Crippen LogP contribution in [0.3, 0.4) is 0 Å². The lowest BCUT2D eigenvalue weighted by atomic mass is 10.0. The van der Waals surface area contributed by atoms with E-state index in [1.807, 2.05) is 19.1 Å². The molecule has 2 aromatic carbocycles. The maximum atomic E-state index is 12.1. The minimum Gasteiger partial charge on any atom is -0.491 e. The fourth-order valence-electron chi connectivity index (χ4n) is 2.63. The SMILES string of the molecule is Cc1ccc(CCC(=O)N[C@@H](C)COc2ccc(C)c(C)c2)cc1C. The summed E-state index contributed by atoms with van der Waals surface area (Å²) in [5, 5.41) is 3.01. The van der Waals surface area contributed by atoms with E-state index in [0.29, 0.717) is 13.0 Å². The Bertz CT molecular complexity index is 737. The van der Waals surface area contributed by atoms with Gasteiger partial charge in [-0.2, -0.15) is 0 Å². The number of benzene rings is 2. The Morgan fingerprint density at radius 3 is 2.24 bits per heavy atom. The van der Waals surface area contributed by atoms with Gasteiger partial charge in [0.05, 0.1) is 6.04 Å². The highest BCUT2D eigenvalue weighted by molar-refractivity contribution is 5.76. The van der Waals surface area contributed by atoms with E-state index in [1.165, 1.54) is 27.8 Å². The number of carbonyl (C=O) groups excluding carboxylic acids is 1. The van der Waals surface area contributed by atoms with Crippen molar-refractivity contribution in [3.8, 4) is 5.75 Å². The monoisotopic (exact) mass is 339 g/mol. The van der Waals surface area contributed by atoms with E-state index < -0.39 is 0 Å². The van der Waals surface area contributed by atoms with Gasteiger partial charge in [-0.15, -0.1) is 0 Å². The van der Waals surface area contributed by atoms with Crippen LogP contribution in [0.1, 0.15) is 41.2 Å². The normalized spacial score (nSPS) is 11.9. The molecule has 0 bridgehead atoms. The van der Waals surface area contributed by atoms with E-state index in [2.05, 4.69) is 57.3 Å². The summed E-state index contributed by atoms with van der Waals surface area (Å²) < 4.78 is 5.78. The van der Waals surface area contributed by atoms with E-state index in [0.717, 1.165) is 12.2 Å². The largest absolute Gasteiger partial charge is 0.491 e. The first-order valence-electron chi connectivity index (χ1n) is 8.90. The number of rotatable bonds is 7. The molecule has 0 saturated heterocycles. The lowest BCUT2D eigenvalue weighted by Crippen LogP contribution is -2.36. The van der Waals surface area contributed by atoms with Crippen LogP contribution in [0.15, 0.2) is 36.4 Å². The van der Waals surface area contributed by atoms with Crippen molar-refractivity contribution in [1.29, 1.82) is 0 Å². The van der Waals surface area contributed by atoms with Crippen molar-refractivity contribution in [2.24, 2.45) is 0 Å². The van der Waals surface area contributed by atoms with Crippen LogP contribution in [-0.4, -0.2) is 18.6 Å². The van der Waals surface area contributed by atoms with Gasteiger partial charge in [-0.1, -0.05) is 24.3 Å². The second-order valence-electron chi connectivity index (χ2n) is 6.94. The summed E-state index contributed by atoms with van der Waals surface area (Å²) in [5.41, 5.74) is 6.22. The number of amides is 1. The van der Waals surface area contributed by atoms with Crippen LogP contribution in [0, 0.1) is 27.7 Å². The first-order valence-corrected chi connectivity index (χ1v) is 8.90. The molecule has 3 nitrogen and oxygen atoms in total. The molecule has 2 rings (SSSR count). The van der Waals surface area contributed by atoms with Crippen molar-refractivity contribution in [3.63, 3.8) is 0 Å². The van der Waals surface area contributed by atoms with Crippen LogP contribution in [0.2, 0.25) is 0 Å². The minimum absolute atomic E-state index is 0.0196. The van der Waals surface area contributed by atoms with Gasteiger partial charge in [0, 0.05) is 6.42 Å². The third kappa shape index (κ3) is 5.93. The number of ether oxygens (including phenoxy) is 1. The number of aryl methyl sites for hydroxylation is 5. The molecule has 25 heavy (non-hydrogen) atoms. The molecule has 0 aromatic heterocycles. The Hall–Kier alpha value is -2.29. The maximum absolute atomic E-state index is 12.1. The Morgan fingerprint density at radius 2 is 1.60 bits per heavy atom. The standard InChI is InChI=1S/C22H29NO2/c1-15-6-8-20(12-17(15)3)9-11-22(24)23-19(5)14-25-21-10-7-16(2)18(4)13-21/h6-8,10,12-13,19H,9,11,14H2,1-5H3,(H,23,24)/t19-/m0/s1. The molecule has 2 aromatic rings. The highest BCUT2D eigenvalue weighted by atomic mass is 16.5. The first kappa shape index (κ1) is 19.0. The van der Waals surface area contributed by atoms with Gasteiger partial charge in [0.1, 0.15) is 12.4 Å². The fraction of sp³-hybridized carbons (Fsp3) is 0.409. The molecule has 3 heteroatoms. The Labute approximate surface area is 151 Å². The van der Waals surface area contributed by atoms with Gasteiger partial charge in [-0.05, 0) is 81.0 Å². The zero-order valence-electron chi connectivity index (χ0n) is 16.0. The summed E-state index contributed by atoms with van der Waals surface area (Å²) >= 11 is 0. The van der Waals surface area contributed by atoms with Gasteiger partial charge in [-0.3, -0.25) is 4.79 Å². The zero-order valence-corrected chi connectivity index (χ0v) is 16.0. The molecule has 0 unspecified atom stereocenters. The van der Waals surface area contributed by atoms with Crippen LogP contribution < -0.4 is 10.1 Å². The van der Waals surface area contributed by atoms with Crippen molar-refractivity contribution in [2.75, 3.05) is 6.61 Å². The third-order valence-electron chi connectivity index (χ3n) is 4.60. The van der Waals surface area contributed by atoms with Gasteiger partial charge in [-0.25, -0.2) is 0 Å². The van der Waals surface area contributed by atoms with E-state index in [-0.39, 0.29) is 11.9 Å². The number of hydrogen-bond donors (Lipinski definition) is 1. The Morgan fingerprint density at radius 1 is 0.960 bits per heavy atom. The second-order valence-corrected chi connectivity index (χ2v) is 6.94. The quantitative estimate of drug-likeness (QED) is 0.810. The van der Waals surface area contributed by atoms with Crippen molar-refractivity contribution in [2.45, 2.75) is 53.5 Å². The van der Waals surface area contributed by atoms with Crippen molar-refractivity contribution in [1.82, 2.24) is 5.32 Å². The zero-order chi connectivity index (χ0) is 18.4. The highest BCUT2D eigenvalue weighted by Crippen LogP contribution is 2.16. The molecule has 0 heterocycles. The molecule has 0 fully saturated rings. The van der Waals surface area contributed by atoms with Crippen LogP contribution in [0.4, 0.5) is 0 Å². The summed E-state index contributed by atoms with van der Waals surface area (Å²) in [4.78, 5) is 12.1. The van der Waals surface area contributed by atoms with Gasteiger partial charge in [0.2, 0.25) is 5.91 Å². The summed E-state index contributed by atoms with van der Waals surface area (Å²) in [6.07, 6.45) is 1.26. The lowest BCUT2D eigenvalue weighted by molar-refractivity contribution is -0.121. The smallest absolute Gasteiger partial charge is 0.220 e. The summed E-state index contributed by atoms with van der Waals surface area (Å²) in [6, 6.07) is 12.4. The molecular weight excluding hydrogens is 310 g/mol. The molecule has 1 atom stereocenters. The molecular formula is C22H29NO2.